The number of sulfone groups is 1. The minimum Gasteiger partial charge on any atom is -0.381 e. The van der Waals surface area contributed by atoms with E-state index in [4.69, 9.17) is 9.73 Å². The fourth-order valence-corrected chi connectivity index (χ4v) is 5.87. The summed E-state index contributed by atoms with van der Waals surface area (Å²) in [5.74, 6) is 3.14. The lowest BCUT2D eigenvalue weighted by molar-refractivity contribution is 0.173. The van der Waals surface area contributed by atoms with Gasteiger partial charge in [0, 0.05) is 38.9 Å². The van der Waals surface area contributed by atoms with E-state index in [2.05, 4.69) is 24.1 Å². The molecule has 0 aliphatic carbocycles. The molecule has 0 amide bonds. The summed E-state index contributed by atoms with van der Waals surface area (Å²) in [6.07, 6.45) is 3.13. The first-order valence-electron chi connectivity index (χ1n) is 9.27. The molecule has 24 heavy (non-hydrogen) atoms. The van der Waals surface area contributed by atoms with Crippen molar-refractivity contribution in [1.29, 1.82) is 0 Å². The third kappa shape index (κ3) is 4.63. The molecule has 0 aromatic carbocycles. The van der Waals surface area contributed by atoms with Crippen LogP contribution in [0.2, 0.25) is 0 Å². The zero-order valence-electron chi connectivity index (χ0n) is 14.9. The van der Waals surface area contributed by atoms with Gasteiger partial charge in [0.1, 0.15) is 0 Å². The molecule has 0 spiro atoms. The number of guanidine groups is 1. The maximum Gasteiger partial charge on any atom is 0.194 e. The summed E-state index contributed by atoms with van der Waals surface area (Å²) in [6, 6.07) is 0.324. The van der Waals surface area contributed by atoms with Gasteiger partial charge in [-0.1, -0.05) is 0 Å². The van der Waals surface area contributed by atoms with Gasteiger partial charge >= 0.3 is 0 Å². The summed E-state index contributed by atoms with van der Waals surface area (Å²) >= 11 is 0. The first-order valence-corrected chi connectivity index (χ1v) is 11.1. The molecule has 1 N–H and O–H groups in total. The average molecular weight is 358 g/mol. The minimum atomic E-state index is -2.82. The summed E-state index contributed by atoms with van der Waals surface area (Å²) in [7, 11) is -2.82. The Balaban J connectivity index is 1.60. The quantitative estimate of drug-likeness (QED) is 0.603. The van der Waals surface area contributed by atoms with E-state index in [1.807, 2.05) is 0 Å². The maximum atomic E-state index is 11.6. The van der Waals surface area contributed by atoms with E-state index in [9.17, 15) is 8.42 Å². The first-order chi connectivity index (χ1) is 11.4. The zero-order chi connectivity index (χ0) is 17.2. The Hall–Kier alpha value is -0.820. The predicted molar refractivity (Wildman–Crippen MR) is 95.9 cm³/mol. The second-order valence-electron chi connectivity index (χ2n) is 7.85. The van der Waals surface area contributed by atoms with Gasteiger partial charge in [-0.2, -0.15) is 0 Å². The van der Waals surface area contributed by atoms with Crippen LogP contribution in [0.25, 0.3) is 0 Å². The van der Waals surface area contributed by atoms with Gasteiger partial charge in [0.2, 0.25) is 0 Å². The van der Waals surface area contributed by atoms with Gasteiger partial charge in [-0.3, -0.25) is 4.99 Å². The van der Waals surface area contributed by atoms with Gasteiger partial charge in [0.25, 0.3) is 0 Å². The first kappa shape index (κ1) is 18.0. The zero-order valence-corrected chi connectivity index (χ0v) is 15.7. The van der Waals surface area contributed by atoms with Gasteiger partial charge in [-0.15, -0.1) is 0 Å². The lowest BCUT2D eigenvalue weighted by Gasteiger charge is -2.25. The van der Waals surface area contributed by atoms with Crippen molar-refractivity contribution in [2.24, 2.45) is 22.7 Å². The molecule has 3 rings (SSSR count). The van der Waals surface area contributed by atoms with Gasteiger partial charge in [0.05, 0.1) is 11.5 Å². The highest BCUT2D eigenvalue weighted by molar-refractivity contribution is 7.91. The van der Waals surface area contributed by atoms with Crippen molar-refractivity contribution in [3.8, 4) is 0 Å². The summed E-state index contributed by atoms with van der Waals surface area (Å²) in [6.45, 7) is 8.73. The highest BCUT2D eigenvalue weighted by Crippen LogP contribution is 2.30. The molecule has 6 nitrogen and oxygen atoms in total. The number of hydrogen-bond acceptors (Lipinski definition) is 4. The van der Waals surface area contributed by atoms with Crippen LogP contribution in [0.3, 0.4) is 0 Å². The third-order valence-electron chi connectivity index (χ3n) is 5.40. The fourth-order valence-electron chi connectivity index (χ4n) is 4.02. The average Bonchev–Trinajstić information content (AvgIpc) is 3.23. The Morgan fingerprint density at radius 2 is 2.12 bits per heavy atom. The lowest BCUT2D eigenvalue weighted by atomic mass is 9.91. The summed E-state index contributed by atoms with van der Waals surface area (Å²) in [5.41, 5.74) is 0. The largest absolute Gasteiger partial charge is 0.381 e. The SMILES string of the molecule is CC(C)NC(=NCC1CCS(=O)(=O)C1)N1CCC(C2CCOC2)C1. The molecule has 3 saturated heterocycles. The van der Waals surface area contributed by atoms with E-state index in [0.29, 0.717) is 35.9 Å². The fraction of sp³-hybridized carbons (Fsp3) is 0.941. The van der Waals surface area contributed by atoms with Gasteiger partial charge < -0.3 is 15.0 Å². The van der Waals surface area contributed by atoms with E-state index in [-0.39, 0.29) is 5.92 Å². The van der Waals surface area contributed by atoms with Crippen molar-refractivity contribution in [3.05, 3.63) is 0 Å². The molecular formula is C17H31N3O3S. The Bertz CT molecular complexity index is 555. The highest BCUT2D eigenvalue weighted by atomic mass is 32.2. The van der Waals surface area contributed by atoms with Crippen LogP contribution in [0, 0.1) is 17.8 Å². The molecule has 3 heterocycles. The Labute approximate surface area is 146 Å². The second-order valence-corrected chi connectivity index (χ2v) is 10.1. The van der Waals surface area contributed by atoms with Crippen LogP contribution in [0.15, 0.2) is 4.99 Å². The molecule has 0 aromatic rings. The van der Waals surface area contributed by atoms with Crippen molar-refractivity contribution in [2.75, 3.05) is 44.4 Å². The molecule has 3 atom stereocenters. The molecule has 0 aromatic heterocycles. The number of nitrogens with one attached hydrogen (secondary N) is 1. The van der Waals surface area contributed by atoms with Crippen LogP contribution in [-0.2, 0) is 14.6 Å². The van der Waals surface area contributed by atoms with Crippen molar-refractivity contribution >= 4 is 15.8 Å². The molecule has 3 aliphatic rings. The van der Waals surface area contributed by atoms with Crippen LogP contribution in [0.1, 0.15) is 33.1 Å². The van der Waals surface area contributed by atoms with E-state index in [1.54, 1.807) is 0 Å². The third-order valence-corrected chi connectivity index (χ3v) is 7.24. The van der Waals surface area contributed by atoms with Crippen molar-refractivity contribution in [1.82, 2.24) is 10.2 Å². The van der Waals surface area contributed by atoms with Gasteiger partial charge in [-0.25, -0.2) is 8.42 Å². The second kappa shape index (κ2) is 7.60. The molecule has 7 heteroatoms. The normalized spacial score (nSPS) is 33.5. The molecule has 3 aliphatic heterocycles. The predicted octanol–water partition coefficient (Wildman–Crippen LogP) is 1.13. The Morgan fingerprint density at radius 1 is 1.29 bits per heavy atom. The molecule has 3 fully saturated rings. The van der Waals surface area contributed by atoms with Crippen molar-refractivity contribution < 1.29 is 13.2 Å². The molecule has 0 saturated carbocycles. The van der Waals surface area contributed by atoms with E-state index >= 15 is 0 Å². The summed E-state index contributed by atoms with van der Waals surface area (Å²) < 4.78 is 28.8. The van der Waals surface area contributed by atoms with E-state index in [1.165, 1.54) is 12.8 Å². The van der Waals surface area contributed by atoms with E-state index < -0.39 is 9.84 Å². The summed E-state index contributed by atoms with van der Waals surface area (Å²) in [4.78, 5) is 7.14. The van der Waals surface area contributed by atoms with Crippen LogP contribution in [-0.4, -0.2) is 69.7 Å². The van der Waals surface area contributed by atoms with Gasteiger partial charge in [0.15, 0.2) is 15.8 Å². The van der Waals surface area contributed by atoms with Crippen LogP contribution in [0.5, 0.6) is 0 Å². The molecule has 138 valence electrons. The standard InChI is InChI=1S/C17H31N3O3S/c1-13(2)19-17(18-9-14-5-8-24(21,22)12-14)20-6-3-15(10-20)16-4-7-23-11-16/h13-16H,3-12H2,1-2H3,(H,18,19). The molecule has 0 bridgehead atoms. The minimum absolute atomic E-state index is 0.181. The highest BCUT2D eigenvalue weighted by Gasteiger charge is 2.33. The van der Waals surface area contributed by atoms with Gasteiger partial charge in [-0.05, 0) is 50.9 Å². The number of nitrogens with zero attached hydrogens (tertiary/aromatic N) is 2. The van der Waals surface area contributed by atoms with Crippen molar-refractivity contribution in [2.45, 2.75) is 39.2 Å². The molecule has 3 unspecified atom stereocenters. The molecule has 0 radical (unpaired) electrons. The topological polar surface area (TPSA) is 71.0 Å². The van der Waals surface area contributed by atoms with Crippen molar-refractivity contribution in [3.63, 3.8) is 0 Å². The van der Waals surface area contributed by atoms with Crippen LogP contribution < -0.4 is 5.32 Å². The van der Waals surface area contributed by atoms with Crippen LogP contribution in [0.4, 0.5) is 0 Å². The Kier molecular flexibility index (Phi) is 5.70. The lowest BCUT2D eigenvalue weighted by Crippen LogP contribution is -2.44. The van der Waals surface area contributed by atoms with E-state index in [0.717, 1.165) is 38.7 Å². The smallest absolute Gasteiger partial charge is 0.194 e. The number of hydrogen-bond donors (Lipinski definition) is 1. The molecular weight excluding hydrogens is 326 g/mol. The number of ether oxygens (including phenoxy) is 1. The number of aliphatic imine (C=N–C) groups is 1. The number of rotatable bonds is 4. The number of likely N-dealkylation sites (tertiary alicyclic amines) is 1. The van der Waals surface area contributed by atoms with Crippen LogP contribution >= 0.6 is 0 Å². The maximum absolute atomic E-state index is 11.6. The summed E-state index contributed by atoms with van der Waals surface area (Å²) in [5, 5.41) is 3.47. The monoisotopic (exact) mass is 357 g/mol. The Morgan fingerprint density at radius 3 is 2.75 bits per heavy atom.